The first-order chi connectivity index (χ1) is 28.2. The number of aromatic nitrogens is 4. The highest BCUT2D eigenvalue weighted by molar-refractivity contribution is 9.10. The predicted octanol–water partition coefficient (Wildman–Crippen LogP) is 11.5. The van der Waals surface area contributed by atoms with Crippen LogP contribution in [0.4, 0.5) is 11.4 Å². The van der Waals surface area contributed by atoms with Gasteiger partial charge in [-0.3, -0.25) is 0 Å². The summed E-state index contributed by atoms with van der Waals surface area (Å²) in [5.74, 6) is -0.360. The zero-order valence-corrected chi connectivity index (χ0v) is 39.2. The summed E-state index contributed by atoms with van der Waals surface area (Å²) in [4.78, 5) is 3.45. The molecule has 0 atom stereocenters. The van der Waals surface area contributed by atoms with Crippen LogP contribution in [0.25, 0.3) is 5.69 Å². The second kappa shape index (κ2) is 18.2. The Morgan fingerprint density at radius 2 is 1.63 bits per heavy atom. The molecular formula is C46H52Br2N6O3S2. The van der Waals surface area contributed by atoms with Gasteiger partial charge in [0.25, 0.3) is 0 Å². The fourth-order valence-corrected chi connectivity index (χ4v) is 11.0. The van der Waals surface area contributed by atoms with Crippen LogP contribution in [0.15, 0.2) is 127 Å². The van der Waals surface area contributed by atoms with Gasteiger partial charge in [-0.25, -0.2) is 8.42 Å². The molecule has 13 heteroatoms. The van der Waals surface area contributed by atoms with Crippen LogP contribution in [0.3, 0.4) is 0 Å². The third kappa shape index (κ3) is 9.49. The maximum absolute atomic E-state index is 11.4. The van der Waals surface area contributed by atoms with Gasteiger partial charge >= 0.3 is 0 Å². The van der Waals surface area contributed by atoms with E-state index in [9.17, 15) is 13.0 Å². The van der Waals surface area contributed by atoms with Crippen LogP contribution >= 0.6 is 43.6 Å². The number of thioether (sulfide) groups is 1. The van der Waals surface area contributed by atoms with Gasteiger partial charge in [0.1, 0.15) is 6.54 Å². The SMILES string of the molecule is CCCCC[N+]1=C(/C=C/C2=C(Sc3nnnn3-c3ccccc3)C(=C/C=C3/N(CCCCS(=O)(=O)[O-])c4ccc(Br)cc4C3(C)C)/CCC2)C(C)(C)c2cc(Br)ccc21. The molecule has 2 aliphatic heterocycles. The minimum atomic E-state index is -4.28. The Hall–Kier alpha value is -3.62. The number of para-hydroxylation sites is 1. The van der Waals surface area contributed by atoms with E-state index in [1.807, 2.05) is 36.4 Å². The first-order valence-electron chi connectivity index (χ1n) is 20.5. The van der Waals surface area contributed by atoms with Crippen LogP contribution in [0.5, 0.6) is 0 Å². The molecule has 9 nitrogen and oxygen atoms in total. The first-order valence-corrected chi connectivity index (χ1v) is 24.5. The lowest BCUT2D eigenvalue weighted by atomic mass is 9.81. The van der Waals surface area contributed by atoms with E-state index in [-0.39, 0.29) is 16.6 Å². The Morgan fingerprint density at radius 1 is 0.881 bits per heavy atom. The lowest BCUT2D eigenvalue weighted by molar-refractivity contribution is -0.438. The van der Waals surface area contributed by atoms with Gasteiger partial charge < -0.3 is 9.45 Å². The van der Waals surface area contributed by atoms with Crippen molar-refractivity contribution in [2.45, 2.75) is 102 Å². The quantitative estimate of drug-likeness (QED) is 0.0659. The standard InChI is InChI=1S/C46H52Br2N6O3S2/c1-6-7-11-27-52-39-23-21-34(47)30-37(39)45(2,3)41(52)25-19-32-15-14-16-33(43(32)58-44-49-50-51-54(44)36-17-9-8-10-18-36)20-26-42-46(4,5)38-31-35(48)22-24-40(38)53(42)28-12-13-29-59(55,56)57/h8-10,17-26,30-31H,6-7,11-16,27-29H2,1-5H3. The minimum Gasteiger partial charge on any atom is -0.748 e. The average molecular weight is 961 g/mol. The summed E-state index contributed by atoms with van der Waals surface area (Å²) in [6.07, 6.45) is 16.4. The average Bonchev–Trinajstić information content (AvgIpc) is 3.81. The van der Waals surface area contributed by atoms with E-state index >= 15 is 0 Å². The van der Waals surface area contributed by atoms with E-state index in [0.717, 1.165) is 63.2 Å². The molecule has 3 aromatic carbocycles. The van der Waals surface area contributed by atoms with Gasteiger partial charge in [0.2, 0.25) is 10.8 Å². The summed E-state index contributed by atoms with van der Waals surface area (Å²) in [6.45, 7) is 13.0. The topological polar surface area (TPSA) is 107 Å². The molecule has 0 radical (unpaired) electrons. The van der Waals surface area contributed by atoms with Crippen molar-refractivity contribution in [2.75, 3.05) is 23.7 Å². The lowest BCUT2D eigenvalue weighted by Crippen LogP contribution is -2.28. The molecule has 4 aromatic rings. The number of anilines is 1. The van der Waals surface area contributed by atoms with Crippen molar-refractivity contribution in [3.8, 4) is 5.69 Å². The summed E-state index contributed by atoms with van der Waals surface area (Å²) in [5, 5.41) is 13.8. The zero-order valence-electron chi connectivity index (χ0n) is 34.4. The Balaban J connectivity index is 1.33. The maximum Gasteiger partial charge on any atom is 0.218 e. The van der Waals surface area contributed by atoms with E-state index in [4.69, 9.17) is 0 Å². The largest absolute Gasteiger partial charge is 0.748 e. The van der Waals surface area contributed by atoms with Crippen molar-refractivity contribution < 1.29 is 17.5 Å². The van der Waals surface area contributed by atoms with Crippen LogP contribution in [0, 0.1) is 0 Å². The highest BCUT2D eigenvalue weighted by Gasteiger charge is 2.44. The van der Waals surface area contributed by atoms with E-state index < -0.39 is 10.1 Å². The van der Waals surface area contributed by atoms with Gasteiger partial charge in [-0.05, 0) is 140 Å². The molecule has 0 N–H and O–H groups in total. The fourth-order valence-electron chi connectivity index (χ4n) is 8.62. The molecular weight excluding hydrogens is 908 g/mol. The van der Waals surface area contributed by atoms with Gasteiger partial charge in [0.05, 0.1) is 21.2 Å². The van der Waals surface area contributed by atoms with E-state index in [2.05, 4.69) is 146 Å². The van der Waals surface area contributed by atoms with Crippen molar-refractivity contribution in [1.82, 2.24) is 20.2 Å². The molecule has 0 amide bonds. The van der Waals surface area contributed by atoms with Crippen molar-refractivity contribution in [3.63, 3.8) is 0 Å². The van der Waals surface area contributed by atoms with E-state index in [0.29, 0.717) is 24.5 Å². The Morgan fingerprint density at radius 3 is 2.37 bits per heavy atom. The van der Waals surface area contributed by atoms with Gasteiger partial charge in [-0.1, -0.05) is 89.4 Å². The van der Waals surface area contributed by atoms with Crippen LogP contribution in [0.1, 0.15) is 97.1 Å². The van der Waals surface area contributed by atoms with Crippen LogP contribution < -0.4 is 4.90 Å². The smallest absolute Gasteiger partial charge is 0.218 e. The summed E-state index contributed by atoms with van der Waals surface area (Å²) >= 11 is 9.05. The number of halogens is 2. The van der Waals surface area contributed by atoms with Crippen molar-refractivity contribution >= 4 is 70.8 Å². The molecule has 0 fully saturated rings. The van der Waals surface area contributed by atoms with E-state index in [1.165, 1.54) is 46.5 Å². The third-order valence-corrected chi connectivity index (χ3v) is 14.7. The number of nitrogens with zero attached hydrogens (tertiary/aromatic N) is 6. The molecule has 0 saturated carbocycles. The van der Waals surface area contributed by atoms with Crippen molar-refractivity contribution in [1.29, 1.82) is 0 Å². The highest BCUT2D eigenvalue weighted by Crippen LogP contribution is 2.50. The van der Waals surface area contributed by atoms with E-state index in [1.54, 1.807) is 16.4 Å². The number of hydrogen-bond acceptors (Lipinski definition) is 8. The minimum absolute atomic E-state index is 0.190. The number of rotatable bonds is 15. The van der Waals surface area contributed by atoms with Crippen molar-refractivity contribution in [2.24, 2.45) is 0 Å². The number of allylic oxidation sites excluding steroid dienone is 7. The molecule has 3 heterocycles. The molecule has 1 aromatic heterocycles. The molecule has 0 spiro atoms. The van der Waals surface area contributed by atoms with Crippen LogP contribution in [-0.4, -0.2) is 62.3 Å². The van der Waals surface area contributed by atoms with Gasteiger partial charge in [-0.2, -0.15) is 9.26 Å². The number of hydrogen-bond donors (Lipinski definition) is 0. The summed E-state index contributed by atoms with van der Waals surface area (Å²) < 4.78 is 40.8. The van der Waals surface area contributed by atoms with Crippen LogP contribution in [0.2, 0.25) is 0 Å². The number of tetrazole rings is 1. The molecule has 0 unspecified atom stereocenters. The summed E-state index contributed by atoms with van der Waals surface area (Å²) in [7, 11) is -4.28. The highest BCUT2D eigenvalue weighted by atomic mass is 79.9. The predicted molar refractivity (Wildman–Crippen MR) is 246 cm³/mol. The number of fused-ring (bicyclic) bond motifs is 2. The summed E-state index contributed by atoms with van der Waals surface area (Å²) in [5.41, 5.74) is 10.2. The second-order valence-electron chi connectivity index (χ2n) is 16.5. The maximum atomic E-state index is 11.4. The van der Waals surface area contributed by atoms with Gasteiger partial charge in [-0.15, -0.1) is 5.10 Å². The van der Waals surface area contributed by atoms with Gasteiger partial charge in [0.15, 0.2) is 5.71 Å². The molecule has 59 heavy (non-hydrogen) atoms. The second-order valence-corrected chi connectivity index (χ2v) is 20.9. The fraction of sp³-hybridized carbons (Fsp3) is 0.391. The molecule has 7 rings (SSSR count). The molecule has 310 valence electrons. The lowest BCUT2D eigenvalue weighted by Gasteiger charge is -2.27. The number of unbranched alkanes of at least 4 members (excludes halogenated alkanes) is 3. The van der Waals surface area contributed by atoms with Crippen LogP contribution in [-0.2, 0) is 20.9 Å². The Bertz CT molecular complexity index is 2490. The third-order valence-electron chi connectivity index (χ3n) is 11.7. The van der Waals surface area contributed by atoms with Gasteiger partial charge in [0, 0.05) is 67.1 Å². The Kier molecular flexibility index (Phi) is 13.4. The molecule has 1 aliphatic carbocycles. The number of benzene rings is 3. The summed E-state index contributed by atoms with van der Waals surface area (Å²) in [6, 6.07) is 23.0. The van der Waals surface area contributed by atoms with Crippen molar-refractivity contribution in [3.05, 3.63) is 133 Å². The normalized spacial score (nSPS) is 18.8. The Labute approximate surface area is 370 Å². The molecule has 0 saturated heterocycles. The zero-order chi connectivity index (χ0) is 42.0. The molecule has 0 bridgehead atoms. The first kappa shape index (κ1) is 43.5. The monoisotopic (exact) mass is 958 g/mol. The molecule has 3 aliphatic rings.